The summed E-state index contributed by atoms with van der Waals surface area (Å²) in [6.45, 7) is 0. The van der Waals surface area contributed by atoms with E-state index in [4.69, 9.17) is 4.55 Å². The number of halogens is 9. The van der Waals surface area contributed by atoms with E-state index in [2.05, 4.69) is 0 Å². The van der Waals surface area contributed by atoms with Crippen LogP contribution in [0.25, 0.3) is 0 Å². The van der Waals surface area contributed by atoms with Crippen LogP contribution in [0.3, 0.4) is 0 Å². The predicted octanol–water partition coefficient (Wildman–Crippen LogP) is 0.667. The standard InChI is InChI=1S/C4HF9O4S.Li.Pb.3H/c5-1(6,7)2(8,9)17-3(10,11)4(12,13)18(14,15)16;;;;;/h(H,14,15,16);;;;;. The summed E-state index contributed by atoms with van der Waals surface area (Å²) in [5.74, 6) is 0. The molecule has 0 unspecified atom stereocenters. The van der Waals surface area contributed by atoms with Crippen molar-refractivity contribution in [2.45, 2.75) is 23.6 Å². The Labute approximate surface area is 137 Å². The first-order valence-electron chi connectivity index (χ1n) is 3.33. The molecular formula is C4H4F9LiO4PbS. The summed E-state index contributed by atoms with van der Waals surface area (Å²) in [6.07, 6.45) is -20.4. The molecule has 0 aromatic carbocycles. The van der Waals surface area contributed by atoms with Crippen LogP contribution >= 0.6 is 0 Å². The zero-order valence-electron chi connectivity index (χ0n) is 8.19. The maximum absolute atomic E-state index is 12.2. The summed E-state index contributed by atoms with van der Waals surface area (Å²) in [5.41, 5.74) is 0. The molecule has 0 heterocycles. The molecule has 0 aromatic heterocycles. The van der Waals surface area contributed by atoms with E-state index in [-0.39, 0.29) is 46.2 Å². The van der Waals surface area contributed by atoms with Crippen molar-refractivity contribution in [2.24, 2.45) is 0 Å². The molecule has 1 N–H and O–H groups in total. The fraction of sp³-hybridized carbons (Fsp3) is 1.00. The van der Waals surface area contributed by atoms with Crippen molar-refractivity contribution in [1.82, 2.24) is 0 Å². The Morgan fingerprint density at radius 1 is 0.800 bits per heavy atom. The van der Waals surface area contributed by atoms with Gasteiger partial charge in [-0.3, -0.25) is 4.55 Å². The van der Waals surface area contributed by atoms with Gasteiger partial charge in [-0.25, -0.2) is 4.74 Å². The van der Waals surface area contributed by atoms with Crippen molar-refractivity contribution in [1.29, 1.82) is 0 Å². The van der Waals surface area contributed by atoms with Crippen LogP contribution in [0.15, 0.2) is 0 Å². The maximum atomic E-state index is 12.2. The van der Waals surface area contributed by atoms with Gasteiger partial charge in [0.1, 0.15) is 0 Å². The minimum atomic E-state index is -6.99. The normalized spacial score (nSPS) is 14.3. The minimum absolute atomic E-state index is 0. The molecule has 16 heteroatoms. The summed E-state index contributed by atoms with van der Waals surface area (Å²) < 4.78 is 135. The molecule has 0 aliphatic rings. The monoisotopic (exact) mass is 534 g/mol. The summed E-state index contributed by atoms with van der Waals surface area (Å²) in [6, 6.07) is 0. The van der Waals surface area contributed by atoms with E-state index < -0.39 is 33.8 Å². The average Bonchev–Trinajstić information content (AvgIpc) is 1.96. The second-order valence-corrected chi connectivity index (χ2v) is 4.09. The first-order chi connectivity index (χ1) is 7.46. The van der Waals surface area contributed by atoms with Crippen LogP contribution in [0.1, 0.15) is 0 Å². The average molecular weight is 533 g/mol. The van der Waals surface area contributed by atoms with E-state index in [1.165, 1.54) is 4.74 Å². The molecule has 2 radical (unpaired) electrons. The molecule has 0 rings (SSSR count). The van der Waals surface area contributed by atoms with Gasteiger partial charge in [0.15, 0.2) is 0 Å². The SMILES string of the molecule is O=S(=O)(O)C(F)(F)C(F)(F)OC(F)(F)C(F)(F)F.[LiH].[PbH2]. The van der Waals surface area contributed by atoms with Crippen molar-refractivity contribution >= 4 is 56.3 Å². The molecule has 0 aliphatic carbocycles. The Bertz CT molecular complexity index is 420. The van der Waals surface area contributed by atoms with Gasteiger partial charge in [0.2, 0.25) is 0 Å². The van der Waals surface area contributed by atoms with E-state index in [0.29, 0.717) is 0 Å². The second kappa shape index (κ2) is 6.89. The van der Waals surface area contributed by atoms with Crippen LogP contribution in [0.4, 0.5) is 39.5 Å². The van der Waals surface area contributed by atoms with E-state index in [0.717, 1.165) is 0 Å². The van der Waals surface area contributed by atoms with Crippen LogP contribution < -0.4 is 0 Å². The van der Waals surface area contributed by atoms with Crippen molar-refractivity contribution < 1.29 is 57.2 Å². The van der Waals surface area contributed by atoms with E-state index in [1.54, 1.807) is 0 Å². The molecule has 0 aliphatic heterocycles. The van der Waals surface area contributed by atoms with E-state index in [9.17, 15) is 47.9 Å². The van der Waals surface area contributed by atoms with Gasteiger partial charge in [0.25, 0.3) is 0 Å². The van der Waals surface area contributed by atoms with Crippen molar-refractivity contribution in [2.75, 3.05) is 0 Å². The molecule has 0 saturated carbocycles. The van der Waals surface area contributed by atoms with Gasteiger partial charge >= 0.3 is 79.9 Å². The van der Waals surface area contributed by atoms with Crippen molar-refractivity contribution in [3.05, 3.63) is 0 Å². The number of hydrogen-bond acceptors (Lipinski definition) is 3. The van der Waals surface area contributed by atoms with Crippen molar-refractivity contribution in [3.8, 4) is 0 Å². The van der Waals surface area contributed by atoms with Gasteiger partial charge in [0.05, 0.1) is 0 Å². The van der Waals surface area contributed by atoms with E-state index in [1.807, 2.05) is 0 Å². The second-order valence-electron chi connectivity index (χ2n) is 2.63. The Hall–Kier alpha value is 0.759. The molecule has 0 atom stereocenters. The fourth-order valence-corrected chi connectivity index (χ4v) is 0.770. The Balaban J connectivity index is -0.00000144. The Morgan fingerprint density at radius 2 is 1.10 bits per heavy atom. The molecule has 0 fully saturated rings. The molecule has 20 heavy (non-hydrogen) atoms. The third kappa shape index (κ3) is 5.19. The van der Waals surface area contributed by atoms with E-state index >= 15 is 0 Å². The first kappa shape index (κ1) is 25.7. The third-order valence-electron chi connectivity index (χ3n) is 1.25. The molecule has 0 amide bonds. The van der Waals surface area contributed by atoms with Gasteiger partial charge in [-0.1, -0.05) is 0 Å². The Kier molecular flexibility index (Phi) is 8.86. The van der Waals surface area contributed by atoms with Crippen LogP contribution in [0.2, 0.25) is 0 Å². The number of alkyl halides is 9. The predicted molar refractivity (Wildman–Crippen MR) is 49.2 cm³/mol. The molecular weight excluding hydrogens is 529 g/mol. The molecule has 0 saturated heterocycles. The van der Waals surface area contributed by atoms with Crippen LogP contribution in [-0.4, -0.2) is 82.8 Å². The molecule has 0 aromatic rings. The summed E-state index contributed by atoms with van der Waals surface area (Å²) in [7, 11) is -6.99. The Morgan fingerprint density at radius 3 is 1.30 bits per heavy atom. The van der Waals surface area contributed by atoms with Crippen molar-refractivity contribution in [3.63, 3.8) is 0 Å². The zero-order chi connectivity index (χ0) is 15.2. The van der Waals surface area contributed by atoms with Gasteiger partial charge in [-0.2, -0.15) is 47.9 Å². The molecule has 4 nitrogen and oxygen atoms in total. The van der Waals surface area contributed by atoms with Gasteiger partial charge in [-0.05, 0) is 0 Å². The van der Waals surface area contributed by atoms with Crippen LogP contribution in [0, 0.1) is 0 Å². The fourth-order valence-electron chi connectivity index (χ4n) is 0.428. The summed E-state index contributed by atoms with van der Waals surface area (Å²) >= 11 is 0. The quantitative estimate of drug-likeness (QED) is 0.328. The van der Waals surface area contributed by atoms with Crippen LogP contribution in [0.5, 0.6) is 0 Å². The van der Waals surface area contributed by atoms with Crippen LogP contribution in [-0.2, 0) is 14.9 Å². The molecule has 118 valence electrons. The van der Waals surface area contributed by atoms with Gasteiger partial charge < -0.3 is 0 Å². The zero-order valence-corrected chi connectivity index (χ0v) is 14.5. The molecule has 0 spiro atoms. The number of ether oxygens (including phenoxy) is 1. The van der Waals surface area contributed by atoms with Gasteiger partial charge in [-0.15, -0.1) is 0 Å². The topological polar surface area (TPSA) is 63.6 Å². The molecule has 0 bridgehead atoms. The number of hydrogen-bond donors (Lipinski definition) is 1. The number of rotatable bonds is 4. The third-order valence-corrected chi connectivity index (χ3v) is 2.13. The first-order valence-corrected chi connectivity index (χ1v) is 4.77. The summed E-state index contributed by atoms with van der Waals surface area (Å²) in [4.78, 5) is 0. The van der Waals surface area contributed by atoms with Gasteiger partial charge in [0, 0.05) is 0 Å². The summed E-state index contributed by atoms with van der Waals surface area (Å²) in [5, 5.41) is -6.70.